The van der Waals surface area contributed by atoms with Crippen LogP contribution in [-0.4, -0.2) is 33.4 Å². The van der Waals surface area contributed by atoms with Crippen LogP contribution in [0.5, 0.6) is 0 Å². The molecule has 3 aromatic rings. The second kappa shape index (κ2) is 7.77. The van der Waals surface area contributed by atoms with Gasteiger partial charge in [-0.1, -0.05) is 25.1 Å². The molecular weight excluding hydrogens is 330 g/mol. The Morgan fingerprint density at radius 1 is 1.08 bits per heavy atom. The van der Waals surface area contributed by atoms with Crippen molar-refractivity contribution in [2.75, 3.05) is 11.9 Å². The largest absolute Gasteiger partial charge is 0.352 e. The molecule has 0 spiro atoms. The highest BCUT2D eigenvalue weighted by atomic mass is 16.2. The zero-order valence-electron chi connectivity index (χ0n) is 14.8. The van der Waals surface area contributed by atoms with Gasteiger partial charge in [-0.3, -0.25) is 9.59 Å². The second-order valence-corrected chi connectivity index (χ2v) is 6.05. The lowest BCUT2D eigenvalue weighted by atomic mass is 10.1. The Morgan fingerprint density at radius 3 is 2.42 bits per heavy atom. The van der Waals surface area contributed by atoms with Crippen LogP contribution in [0, 0.1) is 6.92 Å². The maximum absolute atomic E-state index is 12.4. The summed E-state index contributed by atoms with van der Waals surface area (Å²) in [6, 6.07) is 12.7. The minimum atomic E-state index is -0.250. The molecule has 0 aliphatic heterocycles. The third-order valence-electron chi connectivity index (χ3n) is 3.92. The van der Waals surface area contributed by atoms with Crippen molar-refractivity contribution in [1.82, 2.24) is 20.3 Å². The van der Waals surface area contributed by atoms with Crippen LogP contribution in [0.15, 0.2) is 42.5 Å². The van der Waals surface area contributed by atoms with E-state index in [0.29, 0.717) is 17.8 Å². The maximum Gasteiger partial charge on any atom is 0.251 e. The van der Waals surface area contributed by atoms with Crippen LogP contribution in [0.3, 0.4) is 0 Å². The third kappa shape index (κ3) is 4.05. The van der Waals surface area contributed by atoms with Crippen LogP contribution in [0.2, 0.25) is 0 Å². The molecule has 0 saturated carbocycles. The summed E-state index contributed by atoms with van der Waals surface area (Å²) in [4.78, 5) is 25.8. The summed E-state index contributed by atoms with van der Waals surface area (Å²) < 4.78 is 0. The molecular formula is C19H21N5O2. The van der Waals surface area contributed by atoms with Crippen molar-refractivity contribution in [3.63, 3.8) is 0 Å². The number of fused-ring (bicyclic) bond motifs is 1. The standard InChI is InChI=1S/C19H21N5O2/c1-3-10-20-19(26)14-9-8-13(2)17(11-14)21-18(25)12-24-22-15-6-4-5-7-16(15)23-24/h4-9,11H,3,10,12H2,1-2H3,(H,20,26)(H,21,25). The molecule has 2 aromatic carbocycles. The quantitative estimate of drug-likeness (QED) is 0.714. The van der Waals surface area contributed by atoms with Gasteiger partial charge >= 0.3 is 0 Å². The molecule has 0 aliphatic carbocycles. The van der Waals surface area contributed by atoms with E-state index >= 15 is 0 Å². The molecule has 0 unspecified atom stereocenters. The van der Waals surface area contributed by atoms with E-state index in [1.54, 1.807) is 12.1 Å². The van der Waals surface area contributed by atoms with E-state index < -0.39 is 0 Å². The number of aromatic nitrogens is 3. The number of rotatable bonds is 6. The van der Waals surface area contributed by atoms with Gasteiger partial charge in [0.1, 0.15) is 17.6 Å². The number of aryl methyl sites for hydroxylation is 1. The predicted molar refractivity (Wildman–Crippen MR) is 100.0 cm³/mol. The SMILES string of the molecule is CCCNC(=O)c1ccc(C)c(NC(=O)Cn2nc3ccccc3n2)c1. The molecule has 2 N–H and O–H groups in total. The molecule has 7 heteroatoms. The van der Waals surface area contributed by atoms with E-state index in [4.69, 9.17) is 0 Å². The second-order valence-electron chi connectivity index (χ2n) is 6.05. The summed E-state index contributed by atoms with van der Waals surface area (Å²) in [5, 5.41) is 14.2. The highest BCUT2D eigenvalue weighted by molar-refractivity contribution is 5.97. The topological polar surface area (TPSA) is 88.9 Å². The molecule has 0 bridgehead atoms. The molecule has 0 saturated heterocycles. The number of benzene rings is 2. The molecule has 3 rings (SSSR count). The minimum Gasteiger partial charge on any atom is -0.352 e. The van der Waals surface area contributed by atoms with Crippen LogP contribution in [-0.2, 0) is 11.3 Å². The molecule has 0 fully saturated rings. The molecule has 7 nitrogen and oxygen atoms in total. The van der Waals surface area contributed by atoms with Crippen molar-refractivity contribution >= 4 is 28.5 Å². The fourth-order valence-corrected chi connectivity index (χ4v) is 2.53. The van der Waals surface area contributed by atoms with Gasteiger partial charge in [0.25, 0.3) is 5.91 Å². The molecule has 2 amide bonds. The Hall–Kier alpha value is -3.22. The Kier molecular flexibility index (Phi) is 5.26. The Labute approximate surface area is 151 Å². The Morgan fingerprint density at radius 2 is 1.77 bits per heavy atom. The minimum absolute atomic E-state index is 0.000376. The van der Waals surface area contributed by atoms with Crippen LogP contribution in [0.1, 0.15) is 29.3 Å². The van der Waals surface area contributed by atoms with Gasteiger partial charge in [0.05, 0.1) is 0 Å². The highest BCUT2D eigenvalue weighted by Gasteiger charge is 2.11. The molecule has 0 aliphatic rings. The third-order valence-corrected chi connectivity index (χ3v) is 3.92. The number of carbonyl (C=O) groups excluding carboxylic acids is 2. The van der Waals surface area contributed by atoms with Crippen molar-refractivity contribution in [3.8, 4) is 0 Å². The summed E-state index contributed by atoms with van der Waals surface area (Å²) in [6.45, 7) is 4.49. The van der Waals surface area contributed by atoms with Crippen LogP contribution in [0.4, 0.5) is 5.69 Å². The van der Waals surface area contributed by atoms with Crippen LogP contribution in [0.25, 0.3) is 11.0 Å². The van der Waals surface area contributed by atoms with Crippen LogP contribution < -0.4 is 10.6 Å². The number of nitrogens with one attached hydrogen (secondary N) is 2. The summed E-state index contributed by atoms with van der Waals surface area (Å²) in [5.41, 5.74) is 3.49. The van der Waals surface area contributed by atoms with Gasteiger partial charge in [0.2, 0.25) is 5.91 Å². The summed E-state index contributed by atoms with van der Waals surface area (Å²) >= 11 is 0. The van der Waals surface area contributed by atoms with E-state index in [1.807, 2.05) is 44.2 Å². The molecule has 134 valence electrons. The number of carbonyl (C=O) groups is 2. The van der Waals surface area contributed by atoms with Gasteiger partial charge in [-0.2, -0.15) is 15.0 Å². The highest BCUT2D eigenvalue weighted by Crippen LogP contribution is 2.17. The number of hydrogen-bond donors (Lipinski definition) is 2. The first kappa shape index (κ1) is 17.6. The smallest absolute Gasteiger partial charge is 0.251 e. The first-order valence-electron chi connectivity index (χ1n) is 8.55. The normalized spacial score (nSPS) is 10.7. The van der Waals surface area contributed by atoms with Crippen molar-refractivity contribution in [3.05, 3.63) is 53.6 Å². The lowest BCUT2D eigenvalue weighted by Crippen LogP contribution is -2.24. The van der Waals surface area contributed by atoms with Gasteiger partial charge in [-0.25, -0.2) is 0 Å². The van der Waals surface area contributed by atoms with Crippen molar-refractivity contribution in [1.29, 1.82) is 0 Å². The average Bonchev–Trinajstić information content (AvgIpc) is 3.03. The van der Waals surface area contributed by atoms with E-state index in [-0.39, 0.29) is 18.4 Å². The first-order chi connectivity index (χ1) is 12.6. The Bertz CT molecular complexity index is 915. The molecule has 1 heterocycles. The fourth-order valence-electron chi connectivity index (χ4n) is 2.53. The average molecular weight is 351 g/mol. The van der Waals surface area contributed by atoms with Gasteiger partial charge in [-0.05, 0) is 43.2 Å². The molecule has 0 atom stereocenters. The predicted octanol–water partition coefficient (Wildman–Crippen LogP) is 2.52. The van der Waals surface area contributed by atoms with Gasteiger partial charge in [0.15, 0.2) is 0 Å². The maximum atomic E-state index is 12.4. The summed E-state index contributed by atoms with van der Waals surface area (Å²) in [6.07, 6.45) is 0.867. The first-order valence-corrected chi connectivity index (χ1v) is 8.55. The fraction of sp³-hybridized carbons (Fsp3) is 0.263. The van der Waals surface area contributed by atoms with Crippen molar-refractivity contribution in [2.45, 2.75) is 26.8 Å². The molecule has 1 aromatic heterocycles. The molecule has 0 radical (unpaired) electrons. The number of nitrogens with zero attached hydrogens (tertiary/aromatic N) is 3. The zero-order chi connectivity index (χ0) is 18.5. The monoisotopic (exact) mass is 351 g/mol. The number of amides is 2. The lowest BCUT2D eigenvalue weighted by molar-refractivity contribution is -0.117. The van der Waals surface area contributed by atoms with E-state index in [1.165, 1.54) is 4.80 Å². The summed E-state index contributed by atoms with van der Waals surface area (Å²) in [5.74, 6) is -0.401. The van der Waals surface area contributed by atoms with Gasteiger partial charge in [0, 0.05) is 17.8 Å². The lowest BCUT2D eigenvalue weighted by Gasteiger charge is -2.10. The van der Waals surface area contributed by atoms with Crippen LogP contribution >= 0.6 is 0 Å². The summed E-state index contributed by atoms with van der Waals surface area (Å²) in [7, 11) is 0. The molecule has 26 heavy (non-hydrogen) atoms. The zero-order valence-corrected chi connectivity index (χ0v) is 14.8. The number of anilines is 1. The number of hydrogen-bond acceptors (Lipinski definition) is 4. The van der Waals surface area contributed by atoms with Gasteiger partial charge in [-0.15, -0.1) is 0 Å². The van der Waals surface area contributed by atoms with E-state index in [2.05, 4.69) is 20.8 Å². The van der Waals surface area contributed by atoms with Crippen molar-refractivity contribution < 1.29 is 9.59 Å². The Balaban J connectivity index is 1.71. The van der Waals surface area contributed by atoms with E-state index in [0.717, 1.165) is 23.0 Å². The van der Waals surface area contributed by atoms with Gasteiger partial charge < -0.3 is 10.6 Å². The van der Waals surface area contributed by atoms with E-state index in [9.17, 15) is 9.59 Å². The van der Waals surface area contributed by atoms with Crippen molar-refractivity contribution in [2.24, 2.45) is 0 Å².